The second kappa shape index (κ2) is 4.38. The summed E-state index contributed by atoms with van der Waals surface area (Å²) in [5.41, 5.74) is 2.86. The number of hydrogen-bond acceptors (Lipinski definition) is 3. The highest BCUT2D eigenvalue weighted by atomic mass is 15.1. The molecule has 4 aromatic rings. The Kier molecular flexibility index (Phi) is 2.42. The number of benzene rings is 2. The average Bonchev–Trinajstić information content (AvgIpc) is 2.54. The molecule has 0 N–H and O–H groups in total. The monoisotopic (exact) mass is 257 g/mol. The Hall–Kier alpha value is -2.81. The number of rotatable bonds is 1. The van der Waals surface area contributed by atoms with Gasteiger partial charge in [-0.1, -0.05) is 42.5 Å². The van der Waals surface area contributed by atoms with Crippen molar-refractivity contribution in [2.45, 2.75) is 0 Å². The predicted octanol–water partition coefficient (Wildman–Crippen LogP) is 3.85. The Morgan fingerprint density at radius 3 is 2.50 bits per heavy atom. The Labute approximate surface area is 115 Å². The van der Waals surface area contributed by atoms with E-state index in [1.807, 2.05) is 42.6 Å². The fourth-order valence-electron chi connectivity index (χ4n) is 2.53. The molecular weight excluding hydrogens is 246 g/mol. The van der Waals surface area contributed by atoms with Gasteiger partial charge >= 0.3 is 0 Å². The Bertz CT molecular complexity index is 828. The maximum atomic E-state index is 4.56. The zero-order valence-electron chi connectivity index (χ0n) is 10.7. The van der Waals surface area contributed by atoms with E-state index < -0.39 is 0 Å². The van der Waals surface area contributed by atoms with E-state index in [0.717, 1.165) is 27.5 Å². The SMILES string of the molecule is c1ccc2c(-c3cnnc4ccccc34)nccc2c1. The molecule has 2 aromatic heterocycles. The van der Waals surface area contributed by atoms with Crippen molar-refractivity contribution in [2.24, 2.45) is 0 Å². The third kappa shape index (κ3) is 1.64. The predicted molar refractivity (Wildman–Crippen MR) is 80.3 cm³/mol. The summed E-state index contributed by atoms with van der Waals surface area (Å²) >= 11 is 0. The molecular formula is C17H11N3. The van der Waals surface area contributed by atoms with Crippen molar-refractivity contribution < 1.29 is 0 Å². The number of nitrogens with zero attached hydrogens (tertiary/aromatic N) is 3. The van der Waals surface area contributed by atoms with Crippen LogP contribution in [0.4, 0.5) is 0 Å². The molecule has 0 atom stereocenters. The van der Waals surface area contributed by atoms with Crippen molar-refractivity contribution in [3.63, 3.8) is 0 Å². The summed E-state index contributed by atoms with van der Waals surface area (Å²) in [6.45, 7) is 0. The van der Waals surface area contributed by atoms with Crippen LogP contribution in [0.3, 0.4) is 0 Å². The van der Waals surface area contributed by atoms with Crippen LogP contribution in [0.15, 0.2) is 67.0 Å². The van der Waals surface area contributed by atoms with E-state index in [1.165, 1.54) is 5.39 Å². The molecule has 0 spiro atoms. The van der Waals surface area contributed by atoms with Crippen LogP contribution in [0.25, 0.3) is 32.9 Å². The minimum absolute atomic E-state index is 0.889. The number of aromatic nitrogens is 3. The fraction of sp³-hybridized carbons (Fsp3) is 0. The molecule has 0 saturated heterocycles. The van der Waals surface area contributed by atoms with Gasteiger partial charge in [0.25, 0.3) is 0 Å². The van der Waals surface area contributed by atoms with Crippen LogP contribution < -0.4 is 0 Å². The Morgan fingerprint density at radius 1 is 0.750 bits per heavy atom. The van der Waals surface area contributed by atoms with Crippen molar-refractivity contribution in [3.05, 3.63) is 67.0 Å². The molecule has 0 bridgehead atoms. The van der Waals surface area contributed by atoms with E-state index in [0.29, 0.717) is 0 Å². The second-order valence-electron chi connectivity index (χ2n) is 4.66. The van der Waals surface area contributed by atoms with Gasteiger partial charge in [-0.3, -0.25) is 4.98 Å². The van der Waals surface area contributed by atoms with Gasteiger partial charge in [0, 0.05) is 22.5 Å². The molecule has 0 aliphatic rings. The minimum Gasteiger partial charge on any atom is -0.256 e. The molecule has 0 saturated carbocycles. The van der Waals surface area contributed by atoms with E-state index in [4.69, 9.17) is 0 Å². The zero-order valence-corrected chi connectivity index (χ0v) is 10.7. The van der Waals surface area contributed by atoms with Crippen molar-refractivity contribution in [1.82, 2.24) is 15.2 Å². The van der Waals surface area contributed by atoms with Gasteiger partial charge in [-0.25, -0.2) is 0 Å². The van der Waals surface area contributed by atoms with Gasteiger partial charge in [0.05, 0.1) is 17.4 Å². The van der Waals surface area contributed by atoms with Crippen LogP contribution in [0.2, 0.25) is 0 Å². The first-order valence-corrected chi connectivity index (χ1v) is 6.48. The van der Waals surface area contributed by atoms with E-state index in [9.17, 15) is 0 Å². The number of fused-ring (bicyclic) bond motifs is 2. The summed E-state index contributed by atoms with van der Waals surface area (Å²) in [5, 5.41) is 11.7. The van der Waals surface area contributed by atoms with E-state index in [1.54, 1.807) is 6.20 Å². The normalized spacial score (nSPS) is 11.0. The topological polar surface area (TPSA) is 38.7 Å². The summed E-state index contributed by atoms with van der Waals surface area (Å²) in [7, 11) is 0. The van der Waals surface area contributed by atoms with Gasteiger partial charge in [-0.2, -0.15) is 10.2 Å². The number of pyridine rings is 1. The second-order valence-corrected chi connectivity index (χ2v) is 4.66. The standard InChI is InChI=1S/C17H11N3/c1-2-6-13-12(5-1)9-10-18-17(13)15-11-19-20-16-8-4-3-7-14(15)16/h1-11H. The lowest BCUT2D eigenvalue weighted by Crippen LogP contribution is -1.91. The minimum atomic E-state index is 0.889. The molecule has 0 fully saturated rings. The average molecular weight is 257 g/mol. The number of hydrogen-bond donors (Lipinski definition) is 0. The van der Waals surface area contributed by atoms with Crippen molar-refractivity contribution in [2.75, 3.05) is 0 Å². The quantitative estimate of drug-likeness (QED) is 0.520. The molecule has 0 aliphatic carbocycles. The van der Waals surface area contributed by atoms with Crippen LogP contribution in [0.5, 0.6) is 0 Å². The first kappa shape index (κ1) is 11.1. The lowest BCUT2D eigenvalue weighted by Gasteiger charge is -2.07. The van der Waals surface area contributed by atoms with Gasteiger partial charge < -0.3 is 0 Å². The molecule has 20 heavy (non-hydrogen) atoms. The van der Waals surface area contributed by atoms with E-state index >= 15 is 0 Å². The smallest absolute Gasteiger partial charge is 0.0936 e. The highest BCUT2D eigenvalue weighted by Crippen LogP contribution is 2.30. The third-order valence-corrected chi connectivity index (χ3v) is 3.48. The Morgan fingerprint density at radius 2 is 1.55 bits per heavy atom. The molecule has 0 amide bonds. The lowest BCUT2D eigenvalue weighted by atomic mass is 10.0. The van der Waals surface area contributed by atoms with Crippen LogP contribution in [0.1, 0.15) is 0 Å². The first-order chi connectivity index (χ1) is 9.93. The summed E-state index contributed by atoms with van der Waals surface area (Å²) in [4.78, 5) is 4.56. The fourth-order valence-corrected chi connectivity index (χ4v) is 2.53. The maximum absolute atomic E-state index is 4.56. The van der Waals surface area contributed by atoms with Crippen molar-refractivity contribution in [1.29, 1.82) is 0 Å². The molecule has 3 heteroatoms. The molecule has 0 unspecified atom stereocenters. The largest absolute Gasteiger partial charge is 0.256 e. The summed E-state index contributed by atoms with van der Waals surface area (Å²) < 4.78 is 0. The van der Waals surface area contributed by atoms with E-state index in [2.05, 4.69) is 33.4 Å². The first-order valence-electron chi connectivity index (χ1n) is 6.48. The van der Waals surface area contributed by atoms with Crippen LogP contribution in [-0.2, 0) is 0 Å². The molecule has 2 aromatic carbocycles. The Balaban J connectivity index is 2.12. The van der Waals surface area contributed by atoms with Crippen LogP contribution in [0, 0.1) is 0 Å². The molecule has 0 aliphatic heterocycles. The lowest BCUT2D eigenvalue weighted by molar-refractivity contribution is 1.08. The highest BCUT2D eigenvalue weighted by Gasteiger charge is 2.09. The molecule has 4 rings (SSSR count). The summed E-state index contributed by atoms with van der Waals surface area (Å²) in [6.07, 6.45) is 3.63. The molecule has 0 radical (unpaired) electrons. The third-order valence-electron chi connectivity index (χ3n) is 3.48. The van der Waals surface area contributed by atoms with Crippen LogP contribution >= 0.6 is 0 Å². The van der Waals surface area contributed by atoms with Gasteiger partial charge in [-0.15, -0.1) is 0 Å². The van der Waals surface area contributed by atoms with Gasteiger partial charge in [-0.05, 0) is 17.5 Å². The van der Waals surface area contributed by atoms with Gasteiger partial charge in [0.15, 0.2) is 0 Å². The summed E-state index contributed by atoms with van der Waals surface area (Å²) in [5.74, 6) is 0. The molecule has 94 valence electrons. The molecule has 3 nitrogen and oxygen atoms in total. The van der Waals surface area contributed by atoms with Crippen molar-refractivity contribution in [3.8, 4) is 11.3 Å². The van der Waals surface area contributed by atoms with Gasteiger partial charge in [0.1, 0.15) is 0 Å². The van der Waals surface area contributed by atoms with Crippen molar-refractivity contribution >= 4 is 21.7 Å². The summed E-state index contributed by atoms with van der Waals surface area (Å²) in [6, 6.07) is 18.3. The molecule has 2 heterocycles. The van der Waals surface area contributed by atoms with Crippen LogP contribution in [-0.4, -0.2) is 15.2 Å². The maximum Gasteiger partial charge on any atom is 0.0936 e. The van der Waals surface area contributed by atoms with Gasteiger partial charge in [0.2, 0.25) is 0 Å². The highest BCUT2D eigenvalue weighted by molar-refractivity contribution is 6.02. The van der Waals surface area contributed by atoms with E-state index in [-0.39, 0.29) is 0 Å². The zero-order chi connectivity index (χ0) is 13.4.